The number of hydrogen-bond donors (Lipinski definition) is 2. The Kier molecular flexibility index (Phi) is 3.54. The summed E-state index contributed by atoms with van der Waals surface area (Å²) in [6.45, 7) is 0. The van der Waals surface area contributed by atoms with E-state index in [4.69, 9.17) is 5.11 Å². The Bertz CT molecular complexity index is 933. The van der Waals surface area contributed by atoms with Crippen molar-refractivity contribution in [2.45, 2.75) is 12.3 Å². The highest BCUT2D eigenvalue weighted by Gasteiger charge is 2.43. The first kappa shape index (κ1) is 14.8. The fourth-order valence-electron chi connectivity index (χ4n) is 2.90. The molecule has 2 atom stereocenters. The van der Waals surface area contributed by atoms with Crippen molar-refractivity contribution >= 4 is 39.2 Å². The fourth-order valence-corrected chi connectivity index (χ4v) is 3.58. The molecule has 1 aromatic heterocycles. The summed E-state index contributed by atoms with van der Waals surface area (Å²) in [7, 11) is 0. The molecule has 0 bridgehead atoms. The van der Waals surface area contributed by atoms with Gasteiger partial charge in [0.25, 0.3) is 0 Å². The van der Waals surface area contributed by atoms with Crippen molar-refractivity contribution in [1.29, 1.82) is 0 Å². The van der Waals surface area contributed by atoms with E-state index in [1.807, 2.05) is 24.4 Å². The number of carboxylic acids is 1. The predicted octanol–water partition coefficient (Wildman–Crippen LogP) is 3.74. The number of aromatic carboxylic acids is 1. The number of nitrogens with zero attached hydrogens (tertiary/aromatic N) is 1. The zero-order valence-electron chi connectivity index (χ0n) is 12.6. The van der Waals surface area contributed by atoms with E-state index < -0.39 is 5.97 Å². The molecular weight excluding hydrogens is 324 g/mol. The maximum Gasteiger partial charge on any atom is 0.335 e. The second kappa shape index (κ2) is 5.72. The standard InChI is InChI=1S/C18H14N2O3S/c21-17(20-13-6-5-12-9-19-24-16(12)7-13)15-8-14(15)10-1-3-11(4-2-10)18(22)23/h1-7,9,14-15H,8H2,(H,20,21)(H,22,23)/t14?,15-/m1/s1. The summed E-state index contributed by atoms with van der Waals surface area (Å²) in [5.41, 5.74) is 2.06. The number of carboxylic acid groups (broad SMARTS) is 1. The van der Waals surface area contributed by atoms with Crippen LogP contribution in [0.5, 0.6) is 0 Å². The normalized spacial score (nSPS) is 19.2. The number of carbonyl (C=O) groups excluding carboxylic acids is 1. The van der Waals surface area contributed by atoms with Crippen molar-refractivity contribution in [3.05, 3.63) is 59.8 Å². The van der Waals surface area contributed by atoms with Crippen LogP contribution >= 0.6 is 11.5 Å². The molecule has 1 unspecified atom stereocenters. The van der Waals surface area contributed by atoms with Crippen molar-refractivity contribution in [3.63, 3.8) is 0 Å². The van der Waals surface area contributed by atoms with Crippen LogP contribution in [0, 0.1) is 5.92 Å². The van der Waals surface area contributed by atoms with Crippen LogP contribution in [0.3, 0.4) is 0 Å². The smallest absolute Gasteiger partial charge is 0.335 e. The Morgan fingerprint density at radius 2 is 1.96 bits per heavy atom. The first-order valence-electron chi connectivity index (χ1n) is 7.60. The number of aromatic nitrogens is 1. The van der Waals surface area contributed by atoms with E-state index in [2.05, 4.69) is 9.69 Å². The summed E-state index contributed by atoms with van der Waals surface area (Å²) in [4.78, 5) is 23.3. The molecule has 1 aliphatic carbocycles. The van der Waals surface area contributed by atoms with Crippen LogP contribution in [-0.2, 0) is 4.79 Å². The third-order valence-electron chi connectivity index (χ3n) is 4.34. The zero-order valence-corrected chi connectivity index (χ0v) is 13.4. The van der Waals surface area contributed by atoms with Crippen molar-refractivity contribution < 1.29 is 14.7 Å². The third kappa shape index (κ3) is 2.76. The fraction of sp³-hybridized carbons (Fsp3) is 0.167. The molecular formula is C18H14N2O3S. The summed E-state index contributed by atoms with van der Waals surface area (Å²) >= 11 is 1.40. The van der Waals surface area contributed by atoms with Crippen molar-refractivity contribution in [1.82, 2.24) is 4.37 Å². The number of carbonyl (C=O) groups is 2. The van der Waals surface area contributed by atoms with E-state index in [1.54, 1.807) is 24.3 Å². The molecule has 1 heterocycles. The van der Waals surface area contributed by atoms with E-state index in [0.29, 0.717) is 0 Å². The van der Waals surface area contributed by atoms with Gasteiger partial charge in [0.15, 0.2) is 0 Å². The highest BCUT2D eigenvalue weighted by atomic mass is 32.1. The molecule has 0 radical (unpaired) electrons. The lowest BCUT2D eigenvalue weighted by atomic mass is 10.1. The SMILES string of the molecule is O=C(O)c1ccc(C2C[C@H]2C(=O)Nc2ccc3cnsc3c2)cc1. The van der Waals surface area contributed by atoms with Crippen LogP contribution in [0.4, 0.5) is 5.69 Å². The van der Waals surface area contributed by atoms with Gasteiger partial charge in [0.2, 0.25) is 5.91 Å². The number of hydrogen-bond acceptors (Lipinski definition) is 4. The maximum atomic E-state index is 12.4. The van der Waals surface area contributed by atoms with E-state index in [0.717, 1.165) is 27.8 Å². The average molecular weight is 338 g/mol. The van der Waals surface area contributed by atoms with Gasteiger partial charge in [-0.1, -0.05) is 12.1 Å². The van der Waals surface area contributed by atoms with Crippen LogP contribution in [0.25, 0.3) is 10.1 Å². The lowest BCUT2D eigenvalue weighted by Crippen LogP contribution is -2.14. The molecule has 3 aromatic rings. The Balaban J connectivity index is 1.43. The monoisotopic (exact) mass is 338 g/mol. The number of amides is 1. The molecule has 1 amide bonds. The number of benzene rings is 2. The van der Waals surface area contributed by atoms with Crippen LogP contribution in [0.2, 0.25) is 0 Å². The van der Waals surface area contributed by atoms with Crippen LogP contribution in [0.15, 0.2) is 48.7 Å². The van der Waals surface area contributed by atoms with Gasteiger partial charge in [-0.25, -0.2) is 4.79 Å². The molecule has 24 heavy (non-hydrogen) atoms. The van der Waals surface area contributed by atoms with E-state index in [1.165, 1.54) is 11.5 Å². The van der Waals surface area contributed by atoms with Gasteiger partial charge in [0.05, 0.1) is 10.3 Å². The molecule has 4 rings (SSSR count). The quantitative estimate of drug-likeness (QED) is 0.759. The van der Waals surface area contributed by atoms with Gasteiger partial charge in [-0.2, -0.15) is 4.37 Å². The van der Waals surface area contributed by atoms with E-state index in [-0.39, 0.29) is 23.3 Å². The number of rotatable bonds is 4. The van der Waals surface area contributed by atoms with Crippen LogP contribution in [0.1, 0.15) is 28.3 Å². The Morgan fingerprint density at radius 3 is 2.71 bits per heavy atom. The topological polar surface area (TPSA) is 79.3 Å². The summed E-state index contributed by atoms with van der Waals surface area (Å²) in [5.74, 6) is -0.825. The molecule has 120 valence electrons. The van der Waals surface area contributed by atoms with Crippen LogP contribution in [-0.4, -0.2) is 21.4 Å². The van der Waals surface area contributed by atoms with Gasteiger partial charge in [0, 0.05) is 23.2 Å². The molecule has 0 aliphatic heterocycles. The first-order valence-corrected chi connectivity index (χ1v) is 8.38. The Labute approximate surface area is 142 Å². The second-order valence-electron chi connectivity index (χ2n) is 5.94. The van der Waals surface area contributed by atoms with Crippen molar-refractivity contribution in [2.24, 2.45) is 5.92 Å². The molecule has 2 aromatic carbocycles. The second-order valence-corrected chi connectivity index (χ2v) is 6.78. The largest absolute Gasteiger partial charge is 0.478 e. The summed E-state index contributed by atoms with van der Waals surface area (Å²) in [6, 6.07) is 12.5. The highest BCUT2D eigenvalue weighted by molar-refractivity contribution is 7.13. The Morgan fingerprint density at radius 1 is 1.17 bits per heavy atom. The van der Waals surface area contributed by atoms with E-state index >= 15 is 0 Å². The van der Waals surface area contributed by atoms with Gasteiger partial charge < -0.3 is 10.4 Å². The third-order valence-corrected chi connectivity index (χ3v) is 5.10. The minimum atomic E-state index is -0.940. The number of fused-ring (bicyclic) bond motifs is 1. The molecule has 1 fully saturated rings. The molecule has 1 aliphatic rings. The molecule has 6 heteroatoms. The van der Waals surface area contributed by atoms with Crippen molar-refractivity contribution in [2.75, 3.05) is 5.32 Å². The van der Waals surface area contributed by atoms with Gasteiger partial charge in [-0.15, -0.1) is 0 Å². The lowest BCUT2D eigenvalue weighted by molar-refractivity contribution is -0.117. The maximum absolute atomic E-state index is 12.4. The number of nitrogens with one attached hydrogen (secondary N) is 1. The zero-order chi connectivity index (χ0) is 16.7. The molecule has 0 saturated heterocycles. The first-order chi connectivity index (χ1) is 11.6. The van der Waals surface area contributed by atoms with Gasteiger partial charge in [-0.3, -0.25) is 4.79 Å². The lowest BCUT2D eigenvalue weighted by Gasteiger charge is -2.05. The summed E-state index contributed by atoms with van der Waals surface area (Å²) < 4.78 is 5.17. The average Bonchev–Trinajstić information content (AvgIpc) is 3.25. The van der Waals surface area contributed by atoms with Gasteiger partial charge in [-0.05, 0) is 59.8 Å². The summed E-state index contributed by atoms with van der Waals surface area (Å²) in [5, 5.41) is 13.0. The Hall–Kier alpha value is -2.73. The minimum Gasteiger partial charge on any atom is -0.478 e. The summed E-state index contributed by atoms with van der Waals surface area (Å²) in [6.07, 6.45) is 2.60. The van der Waals surface area contributed by atoms with Crippen molar-refractivity contribution in [3.8, 4) is 0 Å². The number of anilines is 1. The molecule has 0 spiro atoms. The molecule has 1 saturated carbocycles. The molecule has 2 N–H and O–H groups in total. The predicted molar refractivity (Wildman–Crippen MR) is 92.5 cm³/mol. The van der Waals surface area contributed by atoms with Gasteiger partial charge >= 0.3 is 5.97 Å². The molecule has 5 nitrogen and oxygen atoms in total. The van der Waals surface area contributed by atoms with E-state index in [9.17, 15) is 9.59 Å². The minimum absolute atomic E-state index is 0.00572. The van der Waals surface area contributed by atoms with Gasteiger partial charge in [0.1, 0.15) is 0 Å². The highest BCUT2D eigenvalue weighted by Crippen LogP contribution is 2.48. The van der Waals surface area contributed by atoms with Crippen LogP contribution < -0.4 is 5.32 Å².